The molecule has 2 aliphatic rings. The third kappa shape index (κ3) is 2.58. The van der Waals surface area contributed by atoms with Crippen molar-refractivity contribution in [2.24, 2.45) is 11.8 Å². The molecule has 0 radical (unpaired) electrons. The fourth-order valence-corrected chi connectivity index (χ4v) is 3.37. The van der Waals surface area contributed by atoms with E-state index in [0.29, 0.717) is 5.56 Å². The van der Waals surface area contributed by atoms with Crippen molar-refractivity contribution >= 4 is 11.8 Å². The van der Waals surface area contributed by atoms with E-state index < -0.39 is 6.10 Å². The first-order valence-corrected chi connectivity index (χ1v) is 7.36. The molecule has 1 aliphatic heterocycles. The van der Waals surface area contributed by atoms with Crippen LogP contribution in [0.4, 0.5) is 4.39 Å². The average molecular weight is 291 g/mol. The highest BCUT2D eigenvalue weighted by atomic mass is 19.1. The molecule has 1 saturated heterocycles. The fourth-order valence-electron chi connectivity index (χ4n) is 3.37. The van der Waals surface area contributed by atoms with E-state index in [-0.39, 0.29) is 36.0 Å². The molecule has 0 bridgehead atoms. The van der Waals surface area contributed by atoms with Crippen LogP contribution in [0.25, 0.3) is 0 Å². The van der Waals surface area contributed by atoms with Crippen LogP contribution in [-0.2, 0) is 9.59 Å². The summed E-state index contributed by atoms with van der Waals surface area (Å²) in [5.74, 6) is -1.11. The summed E-state index contributed by atoms with van der Waals surface area (Å²) >= 11 is 0. The monoisotopic (exact) mass is 291 g/mol. The molecule has 5 heteroatoms. The Hall–Kier alpha value is -1.75. The van der Waals surface area contributed by atoms with E-state index >= 15 is 0 Å². The molecule has 0 aromatic heterocycles. The number of carbonyl (C=O) groups is 2. The van der Waals surface area contributed by atoms with Gasteiger partial charge >= 0.3 is 0 Å². The predicted molar refractivity (Wildman–Crippen MR) is 73.5 cm³/mol. The lowest BCUT2D eigenvalue weighted by Gasteiger charge is -2.19. The topological polar surface area (TPSA) is 57.6 Å². The number of likely N-dealkylation sites (tertiary alicyclic amines) is 1. The number of amides is 2. The maximum absolute atomic E-state index is 12.9. The number of β-amino-alcohol motifs (C(OH)–C–C–N with tert-alkyl or cyclic N) is 1. The van der Waals surface area contributed by atoms with E-state index in [1.165, 1.54) is 29.2 Å². The number of halogens is 1. The van der Waals surface area contributed by atoms with Crippen molar-refractivity contribution in [2.75, 3.05) is 6.54 Å². The van der Waals surface area contributed by atoms with Gasteiger partial charge in [0.05, 0.1) is 24.5 Å². The molecule has 1 saturated carbocycles. The zero-order valence-electron chi connectivity index (χ0n) is 11.7. The number of fused-ring (bicyclic) bond motifs is 1. The molecular weight excluding hydrogens is 273 g/mol. The Balaban J connectivity index is 1.73. The number of nitrogens with zero attached hydrogens (tertiary/aromatic N) is 1. The molecule has 1 N–H and O–H groups in total. The third-order valence-electron chi connectivity index (χ3n) is 4.54. The van der Waals surface area contributed by atoms with Crippen molar-refractivity contribution < 1.29 is 19.1 Å². The van der Waals surface area contributed by atoms with Gasteiger partial charge in [0, 0.05) is 0 Å². The van der Waals surface area contributed by atoms with Crippen molar-refractivity contribution in [1.29, 1.82) is 0 Å². The van der Waals surface area contributed by atoms with E-state index in [2.05, 4.69) is 0 Å². The number of carbonyl (C=O) groups excluding carboxylic acids is 2. The van der Waals surface area contributed by atoms with Crippen LogP contribution in [0.15, 0.2) is 24.3 Å². The van der Waals surface area contributed by atoms with Crippen LogP contribution in [0, 0.1) is 17.7 Å². The first-order valence-electron chi connectivity index (χ1n) is 7.36. The minimum absolute atomic E-state index is 0.0453. The van der Waals surface area contributed by atoms with Crippen LogP contribution in [-0.4, -0.2) is 28.4 Å². The van der Waals surface area contributed by atoms with Crippen molar-refractivity contribution in [3.63, 3.8) is 0 Å². The second kappa shape index (κ2) is 5.56. The Morgan fingerprint density at radius 3 is 2.14 bits per heavy atom. The fraction of sp³-hybridized carbons (Fsp3) is 0.500. The molecule has 4 nitrogen and oxygen atoms in total. The van der Waals surface area contributed by atoms with Crippen molar-refractivity contribution in [2.45, 2.75) is 31.8 Å². The van der Waals surface area contributed by atoms with Crippen molar-refractivity contribution in [3.8, 4) is 0 Å². The van der Waals surface area contributed by atoms with Gasteiger partial charge in [-0.1, -0.05) is 25.0 Å². The molecule has 0 unspecified atom stereocenters. The molecule has 2 fully saturated rings. The van der Waals surface area contributed by atoms with Gasteiger partial charge in [0.25, 0.3) is 0 Å². The normalized spacial score (nSPS) is 26.9. The van der Waals surface area contributed by atoms with Gasteiger partial charge in [0.2, 0.25) is 11.8 Å². The molecule has 1 heterocycles. The van der Waals surface area contributed by atoms with Gasteiger partial charge in [-0.25, -0.2) is 4.39 Å². The summed E-state index contributed by atoms with van der Waals surface area (Å²) < 4.78 is 12.9. The first kappa shape index (κ1) is 14.2. The average Bonchev–Trinajstić information content (AvgIpc) is 2.73. The van der Waals surface area contributed by atoms with Gasteiger partial charge in [-0.3, -0.25) is 14.5 Å². The van der Waals surface area contributed by atoms with Crippen LogP contribution in [0.1, 0.15) is 37.4 Å². The Kier molecular flexibility index (Phi) is 3.76. The summed E-state index contributed by atoms with van der Waals surface area (Å²) in [4.78, 5) is 25.8. The molecular formula is C16H18FNO3. The van der Waals surface area contributed by atoms with Crippen molar-refractivity contribution in [3.05, 3.63) is 35.6 Å². The van der Waals surface area contributed by atoms with Crippen LogP contribution in [0.3, 0.4) is 0 Å². The SMILES string of the molecule is O=C1[C@H]2CCCC[C@H]2C(=O)N1C[C@H](O)c1ccc(F)cc1. The van der Waals surface area contributed by atoms with Crippen LogP contribution < -0.4 is 0 Å². The predicted octanol–water partition coefficient (Wildman–Crippen LogP) is 2.03. The highest BCUT2D eigenvalue weighted by molar-refractivity contribution is 6.05. The Morgan fingerprint density at radius 1 is 1.10 bits per heavy atom. The second-order valence-corrected chi connectivity index (χ2v) is 5.85. The number of hydrogen-bond acceptors (Lipinski definition) is 3. The lowest BCUT2D eigenvalue weighted by atomic mass is 9.81. The summed E-state index contributed by atoms with van der Waals surface area (Å²) in [6.45, 7) is -0.0453. The van der Waals surface area contributed by atoms with Gasteiger partial charge < -0.3 is 5.11 Å². The Labute approximate surface area is 122 Å². The van der Waals surface area contributed by atoms with Gasteiger partial charge in [-0.15, -0.1) is 0 Å². The number of rotatable bonds is 3. The molecule has 0 spiro atoms. The summed E-state index contributed by atoms with van der Waals surface area (Å²) in [5, 5.41) is 10.2. The molecule has 3 atom stereocenters. The maximum atomic E-state index is 12.9. The minimum atomic E-state index is -0.973. The maximum Gasteiger partial charge on any atom is 0.233 e. The van der Waals surface area contributed by atoms with Gasteiger partial charge in [0.1, 0.15) is 5.82 Å². The van der Waals surface area contributed by atoms with Crippen LogP contribution in [0.5, 0.6) is 0 Å². The van der Waals surface area contributed by atoms with Gasteiger partial charge in [-0.2, -0.15) is 0 Å². The number of imide groups is 1. The third-order valence-corrected chi connectivity index (χ3v) is 4.54. The van der Waals surface area contributed by atoms with E-state index in [1.807, 2.05) is 0 Å². The second-order valence-electron chi connectivity index (χ2n) is 5.85. The van der Waals surface area contributed by atoms with E-state index in [4.69, 9.17) is 0 Å². The van der Waals surface area contributed by atoms with Gasteiger partial charge in [0.15, 0.2) is 0 Å². The Bertz CT molecular complexity index is 533. The smallest absolute Gasteiger partial charge is 0.233 e. The number of hydrogen-bond donors (Lipinski definition) is 1. The standard InChI is InChI=1S/C16H18FNO3/c17-11-7-5-10(6-8-11)14(19)9-18-15(20)12-3-1-2-4-13(12)16(18)21/h5-8,12-14,19H,1-4,9H2/t12-,13+,14-/m0/s1. The minimum Gasteiger partial charge on any atom is -0.387 e. The zero-order valence-corrected chi connectivity index (χ0v) is 11.7. The summed E-state index contributed by atoms with van der Waals surface area (Å²) in [6.07, 6.45) is 2.51. The number of benzene rings is 1. The highest BCUT2D eigenvalue weighted by Crippen LogP contribution is 2.38. The molecule has 1 aromatic rings. The number of aliphatic hydroxyl groups is 1. The molecule has 112 valence electrons. The van der Waals surface area contributed by atoms with E-state index in [0.717, 1.165) is 25.7 Å². The summed E-state index contributed by atoms with van der Waals surface area (Å²) in [7, 11) is 0. The van der Waals surface area contributed by atoms with Gasteiger partial charge in [-0.05, 0) is 30.5 Å². The largest absolute Gasteiger partial charge is 0.387 e. The highest BCUT2D eigenvalue weighted by Gasteiger charge is 2.48. The van der Waals surface area contributed by atoms with E-state index in [1.54, 1.807) is 0 Å². The quantitative estimate of drug-likeness (QED) is 0.867. The van der Waals surface area contributed by atoms with E-state index in [9.17, 15) is 19.1 Å². The molecule has 21 heavy (non-hydrogen) atoms. The lowest BCUT2D eigenvalue weighted by molar-refractivity contribution is -0.141. The molecule has 1 aromatic carbocycles. The zero-order chi connectivity index (χ0) is 15.0. The lowest BCUT2D eigenvalue weighted by Crippen LogP contribution is -2.35. The first-order chi connectivity index (χ1) is 10.1. The van der Waals surface area contributed by atoms with Crippen LogP contribution >= 0.6 is 0 Å². The summed E-state index contributed by atoms with van der Waals surface area (Å²) in [5.41, 5.74) is 0.506. The number of aliphatic hydroxyl groups excluding tert-OH is 1. The molecule has 2 amide bonds. The molecule has 1 aliphatic carbocycles. The Morgan fingerprint density at radius 2 is 1.62 bits per heavy atom. The summed E-state index contributed by atoms with van der Waals surface area (Å²) in [6, 6.07) is 5.45. The van der Waals surface area contributed by atoms with Crippen molar-refractivity contribution in [1.82, 2.24) is 4.90 Å². The molecule has 3 rings (SSSR count). The van der Waals surface area contributed by atoms with Crippen LogP contribution in [0.2, 0.25) is 0 Å².